The monoisotopic (exact) mass is 477 g/mol. The summed E-state index contributed by atoms with van der Waals surface area (Å²) in [6.45, 7) is 2.06. The van der Waals surface area contributed by atoms with Crippen molar-refractivity contribution in [2.75, 3.05) is 0 Å². The van der Waals surface area contributed by atoms with Gasteiger partial charge in [-0.1, -0.05) is 35.9 Å². The van der Waals surface area contributed by atoms with Crippen LogP contribution >= 0.6 is 11.5 Å². The average Bonchev–Trinajstić information content (AvgIpc) is 3.30. The Bertz CT molecular complexity index is 1410. The standard InChI is InChI=1S/C26H23NO4S2/c1-16-2-3-18(12-16)22-8-6-19(24-10-11-27-32-24)13-21(22)15-33(30,31)25-14-20(26(28)29)7-9-23(25)17-4-5-17/h2-3,6-11,13-14,17H,4-5,12,15H2,1H3,(H,28,29). The highest BCUT2D eigenvalue weighted by atomic mass is 32.2. The van der Waals surface area contributed by atoms with Crippen LogP contribution in [-0.2, 0) is 15.6 Å². The summed E-state index contributed by atoms with van der Waals surface area (Å²) in [6, 6.07) is 12.4. The first kappa shape index (κ1) is 21.8. The zero-order valence-electron chi connectivity index (χ0n) is 18.1. The number of hydrogen-bond donors (Lipinski definition) is 1. The van der Waals surface area contributed by atoms with Crippen molar-refractivity contribution < 1.29 is 18.3 Å². The Balaban J connectivity index is 1.60. The van der Waals surface area contributed by atoms with Gasteiger partial charge in [0.25, 0.3) is 0 Å². The van der Waals surface area contributed by atoms with E-state index in [2.05, 4.69) is 17.4 Å². The van der Waals surface area contributed by atoms with Crippen molar-refractivity contribution in [1.29, 1.82) is 0 Å². The molecule has 1 fully saturated rings. The van der Waals surface area contributed by atoms with Gasteiger partial charge in [-0.15, -0.1) is 0 Å². The van der Waals surface area contributed by atoms with Crippen LogP contribution in [0.4, 0.5) is 0 Å². The highest BCUT2D eigenvalue weighted by Gasteiger charge is 2.32. The second-order valence-electron chi connectivity index (χ2n) is 8.72. The molecule has 0 bridgehead atoms. The minimum Gasteiger partial charge on any atom is -0.478 e. The van der Waals surface area contributed by atoms with Crippen LogP contribution in [0.5, 0.6) is 0 Å². The molecule has 0 aliphatic heterocycles. The van der Waals surface area contributed by atoms with Crippen molar-refractivity contribution >= 4 is 32.9 Å². The molecule has 0 saturated heterocycles. The van der Waals surface area contributed by atoms with Crippen molar-refractivity contribution in [1.82, 2.24) is 4.37 Å². The number of carbonyl (C=O) groups is 1. The third-order valence-corrected chi connectivity index (χ3v) is 8.68. The summed E-state index contributed by atoms with van der Waals surface area (Å²) in [4.78, 5) is 12.7. The molecule has 0 amide bonds. The van der Waals surface area contributed by atoms with E-state index in [9.17, 15) is 18.3 Å². The molecular formula is C26H23NO4S2. The van der Waals surface area contributed by atoms with Gasteiger partial charge < -0.3 is 5.11 Å². The van der Waals surface area contributed by atoms with Crippen LogP contribution in [0, 0.1) is 0 Å². The molecule has 2 aliphatic rings. The summed E-state index contributed by atoms with van der Waals surface area (Å²) in [6.07, 6.45) is 8.49. The maximum absolute atomic E-state index is 13.7. The van der Waals surface area contributed by atoms with Crippen LogP contribution in [0.15, 0.2) is 71.3 Å². The highest BCUT2D eigenvalue weighted by molar-refractivity contribution is 7.90. The number of hydrogen-bond acceptors (Lipinski definition) is 5. The number of aromatic carboxylic acids is 1. The molecule has 2 aromatic carbocycles. The Morgan fingerprint density at radius 3 is 2.58 bits per heavy atom. The SMILES string of the molecule is CC1=CC=C(c2ccc(-c3ccns3)cc2CS(=O)(=O)c2cc(C(=O)O)ccc2C2CC2)C1. The van der Waals surface area contributed by atoms with Crippen LogP contribution in [0.25, 0.3) is 16.0 Å². The van der Waals surface area contributed by atoms with E-state index in [1.165, 1.54) is 29.2 Å². The normalized spacial score (nSPS) is 15.9. The van der Waals surface area contributed by atoms with Crippen LogP contribution < -0.4 is 0 Å². The number of carboxylic acids is 1. The number of aromatic nitrogens is 1. The number of sulfone groups is 1. The molecule has 5 rings (SSSR count). The van der Waals surface area contributed by atoms with Gasteiger partial charge in [0, 0.05) is 6.20 Å². The number of nitrogens with zero attached hydrogens (tertiary/aromatic N) is 1. The summed E-state index contributed by atoms with van der Waals surface area (Å²) in [5.74, 6) is -1.13. The van der Waals surface area contributed by atoms with Gasteiger partial charge in [0.1, 0.15) is 0 Å². The summed E-state index contributed by atoms with van der Waals surface area (Å²) < 4.78 is 31.6. The fourth-order valence-corrected chi connectivity index (χ4v) is 6.63. The van der Waals surface area contributed by atoms with Gasteiger partial charge in [0.2, 0.25) is 0 Å². The van der Waals surface area contributed by atoms with Gasteiger partial charge in [-0.3, -0.25) is 0 Å². The Morgan fingerprint density at radius 1 is 1.12 bits per heavy atom. The molecule has 1 heterocycles. The summed E-state index contributed by atoms with van der Waals surface area (Å²) in [7, 11) is -3.78. The first-order chi connectivity index (χ1) is 15.8. The van der Waals surface area contributed by atoms with Crippen molar-refractivity contribution in [2.45, 2.75) is 42.8 Å². The lowest BCUT2D eigenvalue weighted by Gasteiger charge is -2.16. The average molecular weight is 478 g/mol. The minimum absolute atomic E-state index is 0.00469. The van der Waals surface area contributed by atoms with Crippen molar-refractivity contribution in [2.24, 2.45) is 0 Å². The second kappa shape index (κ2) is 8.39. The molecule has 0 radical (unpaired) electrons. The van der Waals surface area contributed by atoms with Crippen LogP contribution in [0.3, 0.4) is 0 Å². The smallest absolute Gasteiger partial charge is 0.335 e. The number of carboxylic acid groups (broad SMARTS) is 1. The molecule has 0 spiro atoms. The van der Waals surface area contributed by atoms with Crippen LogP contribution in [-0.4, -0.2) is 23.9 Å². The molecule has 1 saturated carbocycles. The third kappa shape index (κ3) is 4.43. The molecule has 1 N–H and O–H groups in total. The van der Waals surface area contributed by atoms with Gasteiger partial charge in [-0.2, -0.15) is 0 Å². The predicted molar refractivity (Wildman–Crippen MR) is 130 cm³/mol. The molecule has 2 aliphatic carbocycles. The fourth-order valence-electron chi connectivity index (χ4n) is 4.34. The fraction of sp³-hybridized carbons (Fsp3) is 0.231. The van der Waals surface area contributed by atoms with Gasteiger partial charge in [0.05, 0.1) is 21.1 Å². The summed E-state index contributed by atoms with van der Waals surface area (Å²) in [5.41, 5.74) is 5.62. The van der Waals surface area contributed by atoms with Crippen LogP contribution in [0.2, 0.25) is 0 Å². The maximum Gasteiger partial charge on any atom is 0.335 e. The van der Waals surface area contributed by atoms with Gasteiger partial charge in [0.15, 0.2) is 9.84 Å². The van der Waals surface area contributed by atoms with E-state index >= 15 is 0 Å². The van der Waals surface area contributed by atoms with E-state index in [-0.39, 0.29) is 22.1 Å². The molecule has 5 nitrogen and oxygen atoms in total. The first-order valence-corrected chi connectivity index (χ1v) is 13.2. The zero-order chi connectivity index (χ0) is 23.2. The summed E-state index contributed by atoms with van der Waals surface area (Å²) >= 11 is 1.37. The molecule has 0 atom stereocenters. The van der Waals surface area contributed by atoms with Crippen molar-refractivity contribution in [3.63, 3.8) is 0 Å². The lowest BCUT2D eigenvalue weighted by Crippen LogP contribution is -2.11. The Kier molecular flexibility index (Phi) is 5.54. The van der Waals surface area contributed by atoms with E-state index in [0.717, 1.165) is 52.0 Å². The Morgan fingerprint density at radius 2 is 1.94 bits per heavy atom. The molecule has 33 heavy (non-hydrogen) atoms. The Labute approximate surface area is 197 Å². The summed E-state index contributed by atoms with van der Waals surface area (Å²) in [5, 5.41) is 9.45. The predicted octanol–water partition coefficient (Wildman–Crippen LogP) is 6.09. The van der Waals surface area contributed by atoms with Crippen molar-refractivity contribution in [3.8, 4) is 10.4 Å². The van der Waals surface area contributed by atoms with E-state index in [1.54, 1.807) is 12.3 Å². The van der Waals surface area contributed by atoms with E-state index in [4.69, 9.17) is 0 Å². The quantitative estimate of drug-likeness (QED) is 0.445. The number of benzene rings is 2. The molecular weight excluding hydrogens is 454 g/mol. The lowest BCUT2D eigenvalue weighted by atomic mass is 9.96. The Hall–Kier alpha value is -3.03. The van der Waals surface area contributed by atoms with Gasteiger partial charge >= 0.3 is 5.97 Å². The number of rotatable bonds is 7. The molecule has 0 unspecified atom stereocenters. The molecule has 3 aromatic rings. The topological polar surface area (TPSA) is 84.3 Å². The third-order valence-electron chi connectivity index (χ3n) is 6.17. The maximum atomic E-state index is 13.7. The largest absolute Gasteiger partial charge is 0.478 e. The second-order valence-corrected chi connectivity index (χ2v) is 11.5. The van der Waals surface area contributed by atoms with E-state index in [0.29, 0.717) is 0 Å². The van der Waals surface area contributed by atoms with Gasteiger partial charge in [-0.25, -0.2) is 17.6 Å². The van der Waals surface area contributed by atoms with Crippen LogP contribution in [0.1, 0.15) is 59.2 Å². The van der Waals surface area contributed by atoms with Gasteiger partial charge in [-0.05, 0) is 95.7 Å². The molecule has 7 heteroatoms. The van der Waals surface area contributed by atoms with E-state index < -0.39 is 15.8 Å². The molecule has 1 aromatic heterocycles. The zero-order valence-corrected chi connectivity index (χ0v) is 19.7. The highest BCUT2D eigenvalue weighted by Crippen LogP contribution is 2.44. The number of allylic oxidation sites excluding steroid dienone is 4. The molecule has 168 valence electrons. The minimum atomic E-state index is -3.78. The first-order valence-electron chi connectivity index (χ1n) is 10.8. The lowest BCUT2D eigenvalue weighted by molar-refractivity contribution is 0.0696. The van der Waals surface area contributed by atoms with E-state index in [1.807, 2.05) is 30.3 Å². The van der Waals surface area contributed by atoms with Crippen molar-refractivity contribution in [3.05, 3.63) is 88.6 Å².